The smallest absolute Gasteiger partial charge is 0.138 e. The lowest BCUT2D eigenvalue weighted by atomic mass is 10.2. The van der Waals surface area contributed by atoms with Crippen molar-refractivity contribution in [3.05, 3.63) is 36.4 Å². The highest BCUT2D eigenvalue weighted by Gasteiger charge is 2.08. The van der Waals surface area contributed by atoms with E-state index in [4.69, 9.17) is 0 Å². The van der Waals surface area contributed by atoms with E-state index in [2.05, 4.69) is 9.97 Å². The molecule has 5 nitrogen and oxygen atoms in total. The van der Waals surface area contributed by atoms with Crippen LogP contribution in [-0.2, 0) is 0 Å². The number of hydrogen-bond donors (Lipinski definition) is 4. The monoisotopic (exact) mass is 242 g/mol. The van der Waals surface area contributed by atoms with Crippen molar-refractivity contribution < 1.29 is 15.3 Å². The van der Waals surface area contributed by atoms with Crippen molar-refractivity contribution in [1.29, 1.82) is 0 Å². The van der Waals surface area contributed by atoms with Crippen LogP contribution >= 0.6 is 0 Å². The Bertz CT molecular complexity index is 714. The summed E-state index contributed by atoms with van der Waals surface area (Å²) in [4.78, 5) is 7.33. The van der Waals surface area contributed by atoms with Crippen molar-refractivity contribution in [2.45, 2.75) is 0 Å². The number of benzene rings is 2. The minimum atomic E-state index is -0.0340. The molecule has 0 unspecified atom stereocenters. The van der Waals surface area contributed by atoms with E-state index in [0.717, 1.165) is 0 Å². The zero-order valence-electron chi connectivity index (χ0n) is 9.25. The summed E-state index contributed by atoms with van der Waals surface area (Å²) in [5.41, 5.74) is 1.96. The number of nitrogens with one attached hydrogen (secondary N) is 1. The molecule has 1 heterocycles. The van der Waals surface area contributed by atoms with Gasteiger partial charge in [-0.05, 0) is 24.3 Å². The van der Waals surface area contributed by atoms with Gasteiger partial charge >= 0.3 is 0 Å². The maximum atomic E-state index is 9.43. The SMILES string of the molecule is Oc1cc(O)cc(-c2nc3ccc(O)cc3[nH]2)c1. The highest BCUT2D eigenvalue weighted by atomic mass is 16.3. The Morgan fingerprint density at radius 3 is 2.28 bits per heavy atom. The number of nitrogens with zero attached hydrogens (tertiary/aromatic N) is 1. The van der Waals surface area contributed by atoms with Gasteiger partial charge in [-0.25, -0.2) is 4.98 Å². The third-order valence-corrected chi connectivity index (χ3v) is 2.64. The van der Waals surface area contributed by atoms with Gasteiger partial charge in [0, 0.05) is 17.7 Å². The average Bonchev–Trinajstić information content (AvgIpc) is 2.70. The van der Waals surface area contributed by atoms with Crippen LogP contribution in [0.3, 0.4) is 0 Å². The summed E-state index contributed by atoms with van der Waals surface area (Å²) in [6.45, 7) is 0. The highest BCUT2D eigenvalue weighted by Crippen LogP contribution is 2.28. The largest absolute Gasteiger partial charge is 0.508 e. The normalized spacial score (nSPS) is 10.9. The summed E-state index contributed by atoms with van der Waals surface area (Å²) in [7, 11) is 0. The van der Waals surface area contributed by atoms with Gasteiger partial charge in [-0.2, -0.15) is 0 Å². The fourth-order valence-electron chi connectivity index (χ4n) is 1.87. The van der Waals surface area contributed by atoms with Crippen LogP contribution in [0.5, 0.6) is 17.2 Å². The van der Waals surface area contributed by atoms with Crippen LogP contribution in [0, 0.1) is 0 Å². The lowest BCUT2D eigenvalue weighted by Crippen LogP contribution is -1.80. The Hall–Kier alpha value is -2.69. The lowest BCUT2D eigenvalue weighted by Gasteiger charge is -1.99. The summed E-state index contributed by atoms with van der Waals surface area (Å²) in [6, 6.07) is 9.04. The van der Waals surface area contributed by atoms with Gasteiger partial charge in [0.25, 0.3) is 0 Å². The zero-order valence-corrected chi connectivity index (χ0v) is 9.25. The number of fused-ring (bicyclic) bond motifs is 1. The molecule has 1 aromatic heterocycles. The van der Waals surface area contributed by atoms with Crippen LogP contribution in [0.2, 0.25) is 0 Å². The summed E-state index contributed by atoms with van der Waals surface area (Å²) in [6.07, 6.45) is 0. The topological polar surface area (TPSA) is 89.4 Å². The average molecular weight is 242 g/mol. The molecule has 5 heteroatoms. The fourth-order valence-corrected chi connectivity index (χ4v) is 1.87. The Kier molecular flexibility index (Phi) is 2.13. The van der Waals surface area contributed by atoms with Crippen molar-refractivity contribution >= 4 is 11.0 Å². The van der Waals surface area contributed by atoms with Crippen LogP contribution in [0.15, 0.2) is 36.4 Å². The van der Waals surface area contributed by atoms with Gasteiger partial charge in [-0.1, -0.05) is 0 Å². The molecule has 0 radical (unpaired) electrons. The van der Waals surface area contributed by atoms with Crippen molar-refractivity contribution in [3.8, 4) is 28.6 Å². The number of imidazole rings is 1. The maximum absolute atomic E-state index is 9.43. The van der Waals surface area contributed by atoms with E-state index >= 15 is 0 Å². The number of aromatic amines is 1. The number of aromatic hydroxyl groups is 3. The molecule has 0 atom stereocenters. The van der Waals surface area contributed by atoms with Crippen molar-refractivity contribution in [2.75, 3.05) is 0 Å². The zero-order chi connectivity index (χ0) is 12.7. The second-order valence-corrected chi connectivity index (χ2v) is 4.02. The van der Waals surface area contributed by atoms with Gasteiger partial charge in [0.1, 0.15) is 23.1 Å². The number of rotatable bonds is 1. The summed E-state index contributed by atoms with van der Waals surface area (Å²) >= 11 is 0. The van der Waals surface area contributed by atoms with Crippen LogP contribution in [0.25, 0.3) is 22.4 Å². The first-order chi connectivity index (χ1) is 8.61. The first-order valence-electron chi connectivity index (χ1n) is 5.34. The molecular formula is C13H10N2O3. The van der Waals surface area contributed by atoms with Gasteiger partial charge in [0.2, 0.25) is 0 Å². The van der Waals surface area contributed by atoms with E-state index in [1.807, 2.05) is 0 Å². The standard InChI is InChI=1S/C13H10N2O3/c16-8-1-2-11-12(6-8)15-13(14-11)7-3-9(17)5-10(18)4-7/h1-6,16-18H,(H,14,15). The van der Waals surface area contributed by atoms with Crippen molar-refractivity contribution in [1.82, 2.24) is 9.97 Å². The van der Waals surface area contributed by atoms with E-state index in [1.54, 1.807) is 18.2 Å². The molecule has 0 aliphatic carbocycles. The molecule has 0 aliphatic rings. The molecule has 18 heavy (non-hydrogen) atoms. The molecule has 0 fully saturated rings. The molecule has 0 aliphatic heterocycles. The second-order valence-electron chi connectivity index (χ2n) is 4.02. The molecular weight excluding hydrogens is 232 g/mol. The van der Waals surface area contributed by atoms with Crippen LogP contribution in [0.1, 0.15) is 0 Å². The Morgan fingerprint density at radius 1 is 0.833 bits per heavy atom. The Balaban J connectivity index is 2.19. The van der Waals surface area contributed by atoms with Gasteiger partial charge < -0.3 is 20.3 Å². The fraction of sp³-hybridized carbons (Fsp3) is 0. The molecule has 0 amide bonds. The Labute approximate surface area is 102 Å². The number of phenolic OH excluding ortho intramolecular Hbond substituents is 3. The molecule has 3 aromatic rings. The molecule has 0 saturated heterocycles. The van der Waals surface area contributed by atoms with E-state index in [1.165, 1.54) is 18.2 Å². The third-order valence-electron chi connectivity index (χ3n) is 2.64. The maximum Gasteiger partial charge on any atom is 0.138 e. The van der Waals surface area contributed by atoms with Gasteiger partial charge in [0.15, 0.2) is 0 Å². The third kappa shape index (κ3) is 1.71. The molecule has 90 valence electrons. The van der Waals surface area contributed by atoms with Crippen LogP contribution < -0.4 is 0 Å². The van der Waals surface area contributed by atoms with E-state index in [-0.39, 0.29) is 17.2 Å². The second kappa shape index (κ2) is 3.66. The first kappa shape index (κ1) is 10.5. The molecule has 0 saturated carbocycles. The van der Waals surface area contributed by atoms with Gasteiger partial charge in [-0.3, -0.25) is 0 Å². The molecule has 4 N–H and O–H groups in total. The number of hydrogen-bond acceptors (Lipinski definition) is 4. The highest BCUT2D eigenvalue weighted by molar-refractivity contribution is 5.81. The molecule has 3 rings (SSSR count). The first-order valence-corrected chi connectivity index (χ1v) is 5.34. The molecule has 2 aromatic carbocycles. The predicted molar refractivity (Wildman–Crippen MR) is 66.5 cm³/mol. The van der Waals surface area contributed by atoms with E-state index in [9.17, 15) is 15.3 Å². The summed E-state index contributed by atoms with van der Waals surface area (Å²) < 4.78 is 0. The minimum Gasteiger partial charge on any atom is -0.508 e. The van der Waals surface area contributed by atoms with E-state index in [0.29, 0.717) is 22.4 Å². The van der Waals surface area contributed by atoms with Gasteiger partial charge in [-0.15, -0.1) is 0 Å². The number of aromatic nitrogens is 2. The van der Waals surface area contributed by atoms with Crippen LogP contribution in [0.4, 0.5) is 0 Å². The number of phenols is 3. The van der Waals surface area contributed by atoms with Gasteiger partial charge in [0.05, 0.1) is 11.0 Å². The molecule has 0 spiro atoms. The Morgan fingerprint density at radius 2 is 1.56 bits per heavy atom. The predicted octanol–water partition coefficient (Wildman–Crippen LogP) is 2.35. The molecule has 0 bridgehead atoms. The van der Waals surface area contributed by atoms with Crippen molar-refractivity contribution in [2.24, 2.45) is 0 Å². The lowest BCUT2D eigenvalue weighted by molar-refractivity contribution is 0.451. The quantitative estimate of drug-likeness (QED) is 0.527. The van der Waals surface area contributed by atoms with Crippen molar-refractivity contribution in [3.63, 3.8) is 0 Å². The minimum absolute atomic E-state index is 0.0340. The number of H-pyrrole nitrogens is 1. The summed E-state index contributed by atoms with van der Waals surface area (Å²) in [5, 5.41) is 28.2. The van der Waals surface area contributed by atoms with Crippen LogP contribution in [-0.4, -0.2) is 25.3 Å². The summed E-state index contributed by atoms with van der Waals surface area (Å²) in [5.74, 6) is 0.597. The van der Waals surface area contributed by atoms with E-state index < -0.39 is 0 Å².